The second kappa shape index (κ2) is 10.6. The SMILES string of the molecule is CCOc1ccn([C@]2(C#N)O[C@@H]3CO[Si](C(C)C)(C(C)C)O[Si](C(C)C)(C(C)C)O[C@H]3[C@H]2O)c(=O)n1. The van der Waals surface area contributed by atoms with E-state index in [0.717, 1.165) is 4.57 Å². The lowest BCUT2D eigenvalue weighted by atomic mass is 10.0. The number of ether oxygens (including phenoxy) is 2. The van der Waals surface area contributed by atoms with Crippen LogP contribution in [0.25, 0.3) is 0 Å². The van der Waals surface area contributed by atoms with Gasteiger partial charge >= 0.3 is 22.8 Å². The number of hydrogen-bond donors (Lipinski definition) is 1. The van der Waals surface area contributed by atoms with Gasteiger partial charge < -0.3 is 27.5 Å². The molecule has 0 unspecified atom stereocenters. The normalized spacial score (nSPS) is 29.8. The molecule has 0 radical (unpaired) electrons. The van der Waals surface area contributed by atoms with Gasteiger partial charge in [0, 0.05) is 12.3 Å². The standard InChI is InChI=1S/C24H41N3O7Si2/c1-10-30-20-11-12-27(23(29)26-20)24(14-25)22(28)21-19(32-24)13-31-35(15(2)3,16(4)5)34-36(33-21,17(6)7)18(8)9/h11-12,15-19,21-22,28H,10,13H2,1-9H3/t19-,21-,22-,24-/m1/s1. The zero-order valence-electron chi connectivity index (χ0n) is 22.8. The van der Waals surface area contributed by atoms with Gasteiger partial charge in [0.05, 0.1) is 13.2 Å². The molecule has 36 heavy (non-hydrogen) atoms. The van der Waals surface area contributed by atoms with Crippen LogP contribution in [0.3, 0.4) is 0 Å². The van der Waals surface area contributed by atoms with Gasteiger partial charge in [0.1, 0.15) is 24.4 Å². The molecule has 0 aromatic carbocycles. The van der Waals surface area contributed by atoms with Gasteiger partial charge in [-0.3, -0.25) is 4.57 Å². The van der Waals surface area contributed by atoms with Crippen molar-refractivity contribution in [3.8, 4) is 11.9 Å². The average molecular weight is 540 g/mol. The third-order valence-corrected chi connectivity index (χ3v) is 17.6. The maximum atomic E-state index is 12.9. The summed E-state index contributed by atoms with van der Waals surface area (Å²) in [5, 5.41) is 21.9. The van der Waals surface area contributed by atoms with Crippen LogP contribution < -0.4 is 10.4 Å². The second-order valence-electron chi connectivity index (χ2n) is 10.8. The Morgan fingerprint density at radius 2 is 1.75 bits per heavy atom. The number of aliphatic hydroxyl groups excluding tert-OH is 1. The van der Waals surface area contributed by atoms with Gasteiger partial charge in [-0.2, -0.15) is 10.2 Å². The Bertz CT molecular complexity index is 1010. The maximum absolute atomic E-state index is 12.9. The molecule has 2 aliphatic rings. The third kappa shape index (κ3) is 4.59. The van der Waals surface area contributed by atoms with Crippen molar-refractivity contribution in [2.24, 2.45) is 0 Å². The highest BCUT2D eigenvalue weighted by atomic mass is 28.5. The van der Waals surface area contributed by atoms with E-state index < -0.39 is 46.8 Å². The molecule has 12 heteroatoms. The topological polar surface area (TPSA) is 125 Å². The molecule has 0 spiro atoms. The Balaban J connectivity index is 2.15. The summed E-state index contributed by atoms with van der Waals surface area (Å²) in [7, 11) is -5.89. The summed E-state index contributed by atoms with van der Waals surface area (Å²) in [5.41, 5.74) is -2.48. The number of aromatic nitrogens is 2. The predicted octanol–water partition coefficient (Wildman–Crippen LogP) is 3.53. The van der Waals surface area contributed by atoms with Crippen LogP contribution >= 0.6 is 0 Å². The van der Waals surface area contributed by atoms with Gasteiger partial charge in [0.15, 0.2) is 0 Å². The lowest BCUT2D eigenvalue weighted by molar-refractivity contribution is -0.109. The Hall–Kier alpha value is -1.60. The van der Waals surface area contributed by atoms with Crippen molar-refractivity contribution < 1.29 is 27.5 Å². The number of fused-ring (bicyclic) bond motifs is 1. The molecule has 2 aliphatic heterocycles. The Morgan fingerprint density at radius 1 is 1.17 bits per heavy atom. The molecule has 1 aromatic rings. The summed E-state index contributed by atoms with van der Waals surface area (Å²) in [6.45, 7) is 18.9. The van der Waals surface area contributed by atoms with Gasteiger partial charge in [-0.1, -0.05) is 55.4 Å². The maximum Gasteiger partial charge on any atom is 0.354 e. The zero-order valence-corrected chi connectivity index (χ0v) is 24.8. The number of nitriles is 1. The second-order valence-corrected chi connectivity index (χ2v) is 19.7. The van der Waals surface area contributed by atoms with E-state index >= 15 is 0 Å². The minimum atomic E-state index is -3.05. The van der Waals surface area contributed by atoms with Crippen LogP contribution in [0.2, 0.25) is 22.2 Å². The van der Waals surface area contributed by atoms with E-state index in [1.807, 2.05) is 6.07 Å². The summed E-state index contributed by atoms with van der Waals surface area (Å²) in [6, 6.07) is 3.52. The van der Waals surface area contributed by atoms with Gasteiger partial charge in [0.2, 0.25) is 5.88 Å². The smallest absolute Gasteiger partial charge is 0.354 e. The molecule has 1 N–H and O–H groups in total. The molecule has 0 amide bonds. The quantitative estimate of drug-likeness (QED) is 0.518. The predicted molar refractivity (Wildman–Crippen MR) is 138 cm³/mol. The number of hydrogen-bond acceptors (Lipinski definition) is 9. The van der Waals surface area contributed by atoms with Crippen molar-refractivity contribution in [1.82, 2.24) is 9.55 Å². The van der Waals surface area contributed by atoms with Crippen molar-refractivity contribution in [2.75, 3.05) is 13.2 Å². The molecule has 0 bridgehead atoms. The molecule has 3 rings (SSSR count). The van der Waals surface area contributed by atoms with Gasteiger partial charge in [-0.05, 0) is 29.1 Å². The summed E-state index contributed by atoms with van der Waals surface area (Å²) < 4.78 is 33.2. The molecular weight excluding hydrogens is 498 g/mol. The summed E-state index contributed by atoms with van der Waals surface area (Å²) in [4.78, 5) is 16.8. The molecule has 0 aliphatic carbocycles. The summed E-state index contributed by atoms with van der Waals surface area (Å²) in [6.07, 6.45) is -1.82. The fraction of sp³-hybridized carbons (Fsp3) is 0.792. The molecule has 2 saturated heterocycles. The first-order valence-corrected chi connectivity index (χ1v) is 16.8. The van der Waals surface area contributed by atoms with Crippen LogP contribution in [0.5, 0.6) is 5.88 Å². The minimum absolute atomic E-state index is 0.0309. The Morgan fingerprint density at radius 3 is 2.22 bits per heavy atom. The summed E-state index contributed by atoms with van der Waals surface area (Å²) in [5.74, 6) is 0.133. The van der Waals surface area contributed by atoms with Crippen molar-refractivity contribution >= 4 is 17.1 Å². The highest BCUT2D eigenvalue weighted by Gasteiger charge is 2.65. The highest BCUT2D eigenvalue weighted by Crippen LogP contribution is 2.49. The fourth-order valence-electron chi connectivity index (χ4n) is 5.42. The largest absolute Gasteiger partial charge is 0.478 e. The van der Waals surface area contributed by atoms with Crippen molar-refractivity contribution in [3.63, 3.8) is 0 Å². The summed E-state index contributed by atoms with van der Waals surface area (Å²) >= 11 is 0. The molecule has 0 saturated carbocycles. The monoisotopic (exact) mass is 539 g/mol. The first-order chi connectivity index (χ1) is 16.8. The fourth-order valence-corrected chi connectivity index (χ4v) is 16.6. The first kappa shape index (κ1) is 29.0. The van der Waals surface area contributed by atoms with Crippen LogP contribution in [0.4, 0.5) is 0 Å². The van der Waals surface area contributed by atoms with Gasteiger partial charge in [-0.15, -0.1) is 0 Å². The Labute approximate surface area is 216 Å². The molecular formula is C24H41N3O7Si2. The first-order valence-electron chi connectivity index (χ1n) is 12.8. The molecule has 10 nitrogen and oxygen atoms in total. The van der Waals surface area contributed by atoms with Crippen molar-refractivity contribution in [2.45, 2.75) is 109 Å². The molecule has 3 heterocycles. The average Bonchev–Trinajstić information content (AvgIpc) is 3.04. The van der Waals surface area contributed by atoms with Crippen molar-refractivity contribution in [1.29, 1.82) is 5.26 Å². The van der Waals surface area contributed by atoms with Crippen LogP contribution in [0, 0.1) is 11.3 Å². The molecule has 1 aromatic heterocycles. The van der Waals surface area contributed by atoms with E-state index in [-0.39, 0.29) is 34.7 Å². The minimum Gasteiger partial charge on any atom is -0.478 e. The van der Waals surface area contributed by atoms with Crippen LogP contribution in [0.1, 0.15) is 62.3 Å². The van der Waals surface area contributed by atoms with Gasteiger partial charge in [0.25, 0.3) is 5.72 Å². The van der Waals surface area contributed by atoms with Gasteiger partial charge in [-0.25, -0.2) is 4.79 Å². The van der Waals surface area contributed by atoms with E-state index in [2.05, 4.69) is 60.4 Å². The van der Waals surface area contributed by atoms with E-state index in [4.69, 9.17) is 22.4 Å². The molecule has 2 fully saturated rings. The zero-order chi connectivity index (χ0) is 27.1. The van der Waals surface area contributed by atoms with E-state index in [1.165, 1.54) is 12.3 Å². The molecule has 202 valence electrons. The van der Waals surface area contributed by atoms with Crippen LogP contribution in [-0.4, -0.2) is 63.3 Å². The third-order valence-electron chi connectivity index (χ3n) is 7.33. The lowest BCUT2D eigenvalue weighted by Crippen LogP contribution is -2.66. The van der Waals surface area contributed by atoms with E-state index in [1.54, 1.807) is 6.92 Å². The lowest BCUT2D eigenvalue weighted by Gasteiger charge is -2.51. The van der Waals surface area contributed by atoms with E-state index in [9.17, 15) is 15.2 Å². The number of aliphatic hydroxyl groups is 1. The van der Waals surface area contributed by atoms with Crippen molar-refractivity contribution in [3.05, 3.63) is 22.7 Å². The van der Waals surface area contributed by atoms with Crippen LogP contribution in [0.15, 0.2) is 17.1 Å². The Kier molecular flexibility index (Phi) is 8.56. The highest BCUT2D eigenvalue weighted by molar-refractivity contribution is 6.84. The number of rotatable bonds is 7. The number of nitrogens with zero attached hydrogens (tertiary/aromatic N) is 3. The van der Waals surface area contributed by atoms with Crippen LogP contribution in [-0.2, 0) is 23.4 Å². The molecule has 4 atom stereocenters. The van der Waals surface area contributed by atoms with E-state index in [0.29, 0.717) is 6.61 Å².